The monoisotopic (exact) mass is 445 g/mol. The highest BCUT2D eigenvalue weighted by atomic mass is 16.6. The summed E-state index contributed by atoms with van der Waals surface area (Å²) >= 11 is 0. The fourth-order valence-electron chi connectivity index (χ4n) is 9.49. The predicted octanol–water partition coefficient (Wildman–Crippen LogP) is 7.32. The third kappa shape index (κ3) is 4.06. The van der Waals surface area contributed by atoms with Crippen LogP contribution in [0.15, 0.2) is 0 Å². The zero-order chi connectivity index (χ0) is 23.3. The van der Waals surface area contributed by atoms with Gasteiger partial charge in [-0.05, 0) is 97.2 Å². The van der Waals surface area contributed by atoms with Gasteiger partial charge < -0.3 is 0 Å². The third-order valence-electron chi connectivity index (χ3n) is 11.3. The molecule has 4 nitrogen and oxygen atoms in total. The van der Waals surface area contributed by atoms with Crippen molar-refractivity contribution in [1.82, 2.24) is 0 Å². The summed E-state index contributed by atoms with van der Waals surface area (Å²) in [5.41, 5.74) is 0.594. The summed E-state index contributed by atoms with van der Waals surface area (Å²) in [6.45, 7) is 12.2. The first-order valence-electron chi connectivity index (χ1n) is 13.7. The van der Waals surface area contributed by atoms with Crippen molar-refractivity contribution < 1.29 is 9.72 Å². The molecule has 4 heteroatoms. The van der Waals surface area contributed by atoms with Crippen molar-refractivity contribution in [2.75, 3.05) is 0 Å². The normalized spacial score (nSPS) is 45.0. The largest absolute Gasteiger partial charge is 0.292 e. The summed E-state index contributed by atoms with van der Waals surface area (Å²) in [7, 11) is 0. The molecule has 0 N–H and O–H groups in total. The highest BCUT2D eigenvalue weighted by Crippen LogP contribution is 2.68. The van der Waals surface area contributed by atoms with Gasteiger partial charge in [0.05, 0.1) is 0 Å². The second kappa shape index (κ2) is 9.02. The molecule has 0 unspecified atom stereocenters. The number of nitrogens with zero attached hydrogens (tertiary/aromatic N) is 1. The fraction of sp³-hybridized carbons (Fsp3) is 0.964. The van der Waals surface area contributed by atoms with Crippen molar-refractivity contribution in [1.29, 1.82) is 0 Å². The Hall–Kier alpha value is -0.930. The summed E-state index contributed by atoms with van der Waals surface area (Å²) in [6, 6.07) is -0.952. The van der Waals surface area contributed by atoms with Crippen molar-refractivity contribution >= 4 is 5.78 Å². The number of fused-ring (bicyclic) bond motifs is 5. The maximum absolute atomic E-state index is 12.7. The number of ketones is 1. The molecule has 4 saturated carbocycles. The molecule has 0 aromatic rings. The lowest BCUT2D eigenvalue weighted by molar-refractivity contribution is -0.508. The topological polar surface area (TPSA) is 60.2 Å². The molecule has 0 aliphatic heterocycles. The molecule has 4 fully saturated rings. The molecule has 9 atom stereocenters. The summed E-state index contributed by atoms with van der Waals surface area (Å²) in [4.78, 5) is 23.8. The SMILES string of the molecule is CC(C)CCC[C@@H](C)[C@H]1CC[C@H]2[C@@H]3CC[C@H]4CC(=O)[C@@H]([N+](=O)[O-])CC[C@]4(C)[C@H]3CC[C@]12C. The van der Waals surface area contributed by atoms with Crippen molar-refractivity contribution in [2.45, 2.75) is 118 Å². The lowest BCUT2D eigenvalue weighted by Gasteiger charge is -2.59. The lowest BCUT2D eigenvalue weighted by Crippen LogP contribution is -2.52. The molecule has 0 saturated heterocycles. The van der Waals surface area contributed by atoms with E-state index in [0.29, 0.717) is 30.1 Å². The predicted molar refractivity (Wildman–Crippen MR) is 129 cm³/mol. The van der Waals surface area contributed by atoms with Crippen LogP contribution in [0.2, 0.25) is 0 Å². The van der Waals surface area contributed by atoms with Crippen molar-refractivity contribution in [3.63, 3.8) is 0 Å². The van der Waals surface area contributed by atoms with Crippen molar-refractivity contribution in [3.05, 3.63) is 10.1 Å². The molecule has 4 aliphatic rings. The van der Waals surface area contributed by atoms with Crippen molar-refractivity contribution in [2.24, 2.45) is 52.3 Å². The van der Waals surface area contributed by atoms with E-state index < -0.39 is 6.04 Å². The van der Waals surface area contributed by atoms with E-state index >= 15 is 0 Å². The van der Waals surface area contributed by atoms with Gasteiger partial charge >= 0.3 is 0 Å². The standard InChI is InChI=1S/C28H47NO3/c1-18(2)7-6-8-19(3)22-11-12-23-21-10-9-20-17-26(30)25(29(31)32)14-16-27(20,4)24(21)13-15-28(22,23)5/h18-25H,6-17H2,1-5H3/t19-,20+,21+,22-,23+,24+,25+,27+,28-/m1/s1. The van der Waals surface area contributed by atoms with Gasteiger partial charge in [-0.15, -0.1) is 0 Å². The molecule has 0 bridgehead atoms. The van der Waals surface area contributed by atoms with E-state index in [1.54, 1.807) is 0 Å². The maximum Gasteiger partial charge on any atom is 0.270 e. The molecule has 0 spiro atoms. The van der Waals surface area contributed by atoms with Gasteiger partial charge in [0.2, 0.25) is 5.78 Å². The Balaban J connectivity index is 1.49. The van der Waals surface area contributed by atoms with Gasteiger partial charge in [0, 0.05) is 17.8 Å². The van der Waals surface area contributed by atoms with Gasteiger partial charge in [-0.25, -0.2) is 0 Å². The van der Waals surface area contributed by atoms with Crippen LogP contribution >= 0.6 is 0 Å². The Morgan fingerprint density at radius 1 is 0.938 bits per heavy atom. The quantitative estimate of drug-likeness (QED) is 0.318. The number of rotatable bonds is 6. The van der Waals surface area contributed by atoms with Crippen LogP contribution in [0.1, 0.15) is 112 Å². The molecule has 4 aliphatic carbocycles. The summed E-state index contributed by atoms with van der Waals surface area (Å²) < 4.78 is 0. The van der Waals surface area contributed by atoms with Crippen LogP contribution < -0.4 is 0 Å². The first-order valence-corrected chi connectivity index (χ1v) is 13.7. The Labute approximate surface area is 195 Å². The Morgan fingerprint density at radius 2 is 1.62 bits per heavy atom. The van der Waals surface area contributed by atoms with Crippen LogP contribution in [0.5, 0.6) is 0 Å². The van der Waals surface area contributed by atoms with Gasteiger partial charge in [0.1, 0.15) is 0 Å². The number of carbonyl (C=O) groups excluding carboxylic acids is 1. The van der Waals surface area contributed by atoms with E-state index in [0.717, 1.165) is 42.4 Å². The van der Waals surface area contributed by atoms with E-state index in [4.69, 9.17) is 0 Å². The van der Waals surface area contributed by atoms with Crippen LogP contribution in [0.4, 0.5) is 0 Å². The molecule has 32 heavy (non-hydrogen) atoms. The van der Waals surface area contributed by atoms with Gasteiger partial charge in [-0.3, -0.25) is 14.9 Å². The lowest BCUT2D eigenvalue weighted by atomic mass is 9.46. The molecule has 182 valence electrons. The average molecular weight is 446 g/mol. The minimum atomic E-state index is -0.952. The molecular formula is C28H47NO3. The fourth-order valence-corrected chi connectivity index (χ4v) is 9.49. The molecule has 0 amide bonds. The summed E-state index contributed by atoms with van der Waals surface area (Å²) in [5.74, 6) is 5.00. The minimum absolute atomic E-state index is 0.0982. The highest BCUT2D eigenvalue weighted by Gasteiger charge is 2.61. The molecule has 0 radical (unpaired) electrons. The van der Waals surface area contributed by atoms with Gasteiger partial charge in [-0.2, -0.15) is 0 Å². The molecule has 4 rings (SSSR count). The summed E-state index contributed by atoms with van der Waals surface area (Å²) in [6.07, 6.45) is 13.6. The van der Waals surface area contributed by atoms with E-state index in [1.807, 2.05) is 0 Å². The molecule has 0 aromatic carbocycles. The zero-order valence-electron chi connectivity index (χ0n) is 21.3. The number of hydrogen-bond donors (Lipinski definition) is 0. The molecule has 0 heterocycles. The van der Waals surface area contributed by atoms with Crippen LogP contribution in [0.25, 0.3) is 0 Å². The second-order valence-electron chi connectivity index (χ2n) is 13.2. The number of nitro groups is 1. The van der Waals surface area contributed by atoms with E-state index in [9.17, 15) is 14.9 Å². The zero-order valence-corrected chi connectivity index (χ0v) is 21.3. The van der Waals surface area contributed by atoms with E-state index in [-0.39, 0.29) is 16.1 Å². The van der Waals surface area contributed by atoms with Crippen LogP contribution in [0.3, 0.4) is 0 Å². The number of carbonyl (C=O) groups is 1. The van der Waals surface area contributed by atoms with Crippen molar-refractivity contribution in [3.8, 4) is 0 Å². The molecule has 0 aromatic heterocycles. The Bertz CT molecular complexity index is 719. The average Bonchev–Trinajstić information content (AvgIpc) is 3.00. The van der Waals surface area contributed by atoms with Crippen LogP contribution in [-0.2, 0) is 4.79 Å². The van der Waals surface area contributed by atoms with Gasteiger partial charge in [-0.1, -0.05) is 53.9 Å². The first-order chi connectivity index (χ1) is 15.1. The highest BCUT2D eigenvalue weighted by molar-refractivity contribution is 5.83. The van der Waals surface area contributed by atoms with Gasteiger partial charge in [0.15, 0.2) is 0 Å². The number of hydrogen-bond acceptors (Lipinski definition) is 3. The van der Waals surface area contributed by atoms with E-state index in [1.165, 1.54) is 51.4 Å². The smallest absolute Gasteiger partial charge is 0.270 e. The van der Waals surface area contributed by atoms with Crippen LogP contribution in [0, 0.1) is 62.4 Å². The Morgan fingerprint density at radius 3 is 2.31 bits per heavy atom. The maximum atomic E-state index is 12.7. The first kappa shape index (κ1) is 24.2. The van der Waals surface area contributed by atoms with Gasteiger partial charge in [0.25, 0.3) is 6.04 Å². The summed E-state index contributed by atoms with van der Waals surface area (Å²) in [5, 5.41) is 11.5. The Kier molecular flexibility index (Phi) is 6.82. The number of Topliss-reactive ketones (excluding diaryl/α,β-unsaturated/α-hetero) is 1. The van der Waals surface area contributed by atoms with Crippen LogP contribution in [-0.4, -0.2) is 16.7 Å². The second-order valence-corrected chi connectivity index (χ2v) is 13.2. The van der Waals surface area contributed by atoms with E-state index in [2.05, 4.69) is 34.6 Å². The minimum Gasteiger partial charge on any atom is -0.292 e. The third-order valence-corrected chi connectivity index (χ3v) is 11.3. The molecular weight excluding hydrogens is 398 g/mol.